The number of amides is 1. The Hall–Kier alpha value is -1.43. The molecule has 0 aromatic heterocycles. The topological polar surface area (TPSA) is 63.2 Å². The quantitative estimate of drug-likeness (QED) is 0.883. The Labute approximate surface area is 106 Å². The SMILES string of the molecule is C[C@@H](CCc1ccccc1F)C(=O)NS(C)(=O)=O. The zero-order valence-electron chi connectivity index (χ0n) is 10.3. The Morgan fingerprint density at radius 1 is 1.39 bits per heavy atom. The zero-order chi connectivity index (χ0) is 13.8. The van der Waals surface area contributed by atoms with E-state index in [-0.39, 0.29) is 5.82 Å². The van der Waals surface area contributed by atoms with Crippen molar-refractivity contribution in [1.82, 2.24) is 4.72 Å². The minimum Gasteiger partial charge on any atom is -0.274 e. The van der Waals surface area contributed by atoms with E-state index in [1.54, 1.807) is 25.1 Å². The van der Waals surface area contributed by atoms with Gasteiger partial charge in [-0.2, -0.15) is 0 Å². The Balaban J connectivity index is 2.54. The van der Waals surface area contributed by atoms with Gasteiger partial charge in [-0.3, -0.25) is 9.52 Å². The highest BCUT2D eigenvalue weighted by Crippen LogP contribution is 2.13. The van der Waals surface area contributed by atoms with Gasteiger partial charge >= 0.3 is 0 Å². The molecule has 1 atom stereocenters. The van der Waals surface area contributed by atoms with Crippen LogP contribution in [-0.4, -0.2) is 20.6 Å². The molecule has 0 fully saturated rings. The number of aryl methyl sites for hydroxylation is 1. The van der Waals surface area contributed by atoms with Crippen molar-refractivity contribution in [1.29, 1.82) is 0 Å². The summed E-state index contributed by atoms with van der Waals surface area (Å²) in [7, 11) is -3.53. The third-order valence-electron chi connectivity index (χ3n) is 2.54. The number of hydrogen-bond acceptors (Lipinski definition) is 3. The Kier molecular flexibility index (Phi) is 4.84. The number of sulfonamides is 1. The molecular weight excluding hydrogens is 257 g/mol. The average Bonchev–Trinajstić information content (AvgIpc) is 2.25. The predicted octanol–water partition coefficient (Wildman–Crippen LogP) is 1.47. The number of benzene rings is 1. The highest BCUT2D eigenvalue weighted by Gasteiger charge is 2.16. The first-order chi connectivity index (χ1) is 8.29. The first-order valence-electron chi connectivity index (χ1n) is 5.54. The molecule has 0 heterocycles. The van der Waals surface area contributed by atoms with Gasteiger partial charge in [-0.15, -0.1) is 0 Å². The summed E-state index contributed by atoms with van der Waals surface area (Å²) in [6.07, 6.45) is 1.71. The molecule has 1 aromatic rings. The summed E-state index contributed by atoms with van der Waals surface area (Å²) >= 11 is 0. The van der Waals surface area contributed by atoms with Crippen molar-refractivity contribution in [2.75, 3.05) is 6.26 Å². The van der Waals surface area contributed by atoms with Crippen LogP contribution in [0.1, 0.15) is 18.9 Å². The van der Waals surface area contributed by atoms with Crippen LogP contribution in [-0.2, 0) is 21.2 Å². The van der Waals surface area contributed by atoms with Crippen LogP contribution in [0.25, 0.3) is 0 Å². The van der Waals surface area contributed by atoms with Gasteiger partial charge in [-0.1, -0.05) is 25.1 Å². The van der Waals surface area contributed by atoms with Crippen molar-refractivity contribution in [2.24, 2.45) is 5.92 Å². The van der Waals surface area contributed by atoms with Crippen molar-refractivity contribution in [3.63, 3.8) is 0 Å². The number of carbonyl (C=O) groups is 1. The van der Waals surface area contributed by atoms with E-state index >= 15 is 0 Å². The molecular formula is C12H16FNO3S. The summed E-state index contributed by atoms with van der Waals surface area (Å²) in [5.74, 6) is -1.36. The third kappa shape index (κ3) is 4.83. The number of hydrogen-bond donors (Lipinski definition) is 1. The van der Waals surface area contributed by atoms with E-state index in [4.69, 9.17) is 0 Å². The highest BCUT2D eigenvalue weighted by molar-refractivity contribution is 7.89. The standard InChI is InChI=1S/C12H16FNO3S/c1-9(12(15)14-18(2,16)17)7-8-10-5-3-4-6-11(10)13/h3-6,9H,7-8H2,1-2H3,(H,14,15)/t9-/m0/s1. The minimum absolute atomic E-state index is 0.312. The highest BCUT2D eigenvalue weighted by atomic mass is 32.2. The van der Waals surface area contributed by atoms with Gasteiger partial charge in [-0.25, -0.2) is 12.8 Å². The molecule has 0 aliphatic carbocycles. The van der Waals surface area contributed by atoms with E-state index in [1.165, 1.54) is 6.07 Å². The maximum absolute atomic E-state index is 13.3. The lowest BCUT2D eigenvalue weighted by Gasteiger charge is -2.11. The van der Waals surface area contributed by atoms with E-state index < -0.39 is 21.8 Å². The summed E-state index contributed by atoms with van der Waals surface area (Å²) in [6, 6.07) is 6.32. The third-order valence-corrected chi connectivity index (χ3v) is 3.11. The molecule has 0 saturated carbocycles. The number of halogens is 1. The van der Waals surface area contributed by atoms with Crippen molar-refractivity contribution in [2.45, 2.75) is 19.8 Å². The molecule has 0 bridgehead atoms. The number of rotatable bonds is 5. The van der Waals surface area contributed by atoms with Crippen LogP contribution in [0.4, 0.5) is 4.39 Å². The molecule has 0 aliphatic heterocycles. The lowest BCUT2D eigenvalue weighted by molar-refractivity contribution is -0.122. The zero-order valence-corrected chi connectivity index (χ0v) is 11.1. The molecule has 4 nitrogen and oxygen atoms in total. The van der Waals surface area contributed by atoms with E-state index in [0.717, 1.165) is 6.26 Å². The second kappa shape index (κ2) is 5.95. The second-order valence-electron chi connectivity index (χ2n) is 4.27. The molecule has 6 heteroatoms. The molecule has 1 N–H and O–H groups in total. The fourth-order valence-electron chi connectivity index (χ4n) is 1.49. The molecule has 0 saturated heterocycles. The first-order valence-corrected chi connectivity index (χ1v) is 7.44. The van der Waals surface area contributed by atoms with Gasteiger partial charge in [0.05, 0.1) is 6.26 Å². The molecule has 1 rings (SSSR count). The molecule has 0 radical (unpaired) electrons. The van der Waals surface area contributed by atoms with Crippen LogP contribution in [0.2, 0.25) is 0 Å². The Morgan fingerprint density at radius 3 is 2.56 bits per heavy atom. The predicted molar refractivity (Wildman–Crippen MR) is 66.9 cm³/mol. The molecule has 18 heavy (non-hydrogen) atoms. The van der Waals surface area contributed by atoms with E-state index in [9.17, 15) is 17.6 Å². The maximum Gasteiger partial charge on any atom is 0.236 e. The minimum atomic E-state index is -3.53. The van der Waals surface area contributed by atoms with Crippen LogP contribution in [0.3, 0.4) is 0 Å². The molecule has 100 valence electrons. The van der Waals surface area contributed by atoms with Crippen LogP contribution in [0.15, 0.2) is 24.3 Å². The summed E-state index contributed by atoms with van der Waals surface area (Å²) in [5, 5.41) is 0. The van der Waals surface area contributed by atoms with Gasteiger partial charge in [0.1, 0.15) is 5.82 Å². The molecule has 0 spiro atoms. The summed E-state index contributed by atoms with van der Waals surface area (Å²) in [4.78, 5) is 11.5. The van der Waals surface area contributed by atoms with Crippen LogP contribution >= 0.6 is 0 Å². The molecule has 0 unspecified atom stereocenters. The number of carbonyl (C=O) groups excluding carboxylic acids is 1. The van der Waals surface area contributed by atoms with Crippen molar-refractivity contribution in [3.05, 3.63) is 35.6 Å². The fraction of sp³-hybridized carbons (Fsp3) is 0.417. The first kappa shape index (κ1) is 14.6. The van der Waals surface area contributed by atoms with Crippen LogP contribution in [0, 0.1) is 11.7 Å². The van der Waals surface area contributed by atoms with Gasteiger partial charge in [-0.05, 0) is 24.5 Å². The Bertz CT molecular complexity index is 528. The second-order valence-corrected chi connectivity index (χ2v) is 6.02. The number of nitrogens with one attached hydrogen (secondary N) is 1. The average molecular weight is 273 g/mol. The molecule has 1 amide bonds. The smallest absolute Gasteiger partial charge is 0.236 e. The normalized spacial score (nSPS) is 13.1. The van der Waals surface area contributed by atoms with E-state index in [1.807, 2.05) is 4.72 Å². The summed E-state index contributed by atoms with van der Waals surface area (Å²) < 4.78 is 37.0. The van der Waals surface area contributed by atoms with E-state index in [2.05, 4.69) is 0 Å². The maximum atomic E-state index is 13.3. The van der Waals surface area contributed by atoms with Gasteiger partial charge in [0.2, 0.25) is 15.9 Å². The van der Waals surface area contributed by atoms with Gasteiger partial charge < -0.3 is 0 Å². The molecule has 1 aromatic carbocycles. The van der Waals surface area contributed by atoms with Crippen molar-refractivity contribution in [3.8, 4) is 0 Å². The van der Waals surface area contributed by atoms with Gasteiger partial charge in [0, 0.05) is 5.92 Å². The lowest BCUT2D eigenvalue weighted by Crippen LogP contribution is -2.34. The van der Waals surface area contributed by atoms with Crippen LogP contribution < -0.4 is 4.72 Å². The van der Waals surface area contributed by atoms with Crippen molar-refractivity contribution < 1.29 is 17.6 Å². The monoisotopic (exact) mass is 273 g/mol. The van der Waals surface area contributed by atoms with Gasteiger partial charge in [0.25, 0.3) is 0 Å². The summed E-state index contributed by atoms with van der Waals surface area (Å²) in [6.45, 7) is 1.61. The van der Waals surface area contributed by atoms with Crippen molar-refractivity contribution >= 4 is 15.9 Å². The molecule has 0 aliphatic rings. The fourth-order valence-corrected chi connectivity index (χ4v) is 2.05. The lowest BCUT2D eigenvalue weighted by atomic mass is 10.0. The van der Waals surface area contributed by atoms with Crippen LogP contribution in [0.5, 0.6) is 0 Å². The summed E-state index contributed by atoms with van der Waals surface area (Å²) in [5.41, 5.74) is 0.525. The van der Waals surface area contributed by atoms with Gasteiger partial charge in [0.15, 0.2) is 0 Å². The Morgan fingerprint density at radius 2 is 2.00 bits per heavy atom. The van der Waals surface area contributed by atoms with E-state index in [0.29, 0.717) is 18.4 Å². The largest absolute Gasteiger partial charge is 0.274 e.